The third-order valence-electron chi connectivity index (χ3n) is 4.05. The van der Waals surface area contributed by atoms with Crippen LogP contribution in [0.25, 0.3) is 0 Å². The van der Waals surface area contributed by atoms with E-state index in [0.29, 0.717) is 26.4 Å². The first-order chi connectivity index (χ1) is 8.79. The Hall–Kier alpha value is -0.650. The Labute approximate surface area is 107 Å². The molecule has 0 aromatic rings. The topological polar surface area (TPSA) is 48.0 Å². The average Bonchev–Trinajstić information content (AvgIpc) is 2.87. The van der Waals surface area contributed by atoms with Gasteiger partial charge in [0.25, 0.3) is 0 Å². The third kappa shape index (κ3) is 2.39. The lowest BCUT2D eigenvalue weighted by Gasteiger charge is -2.40. The Morgan fingerprint density at radius 3 is 2.72 bits per heavy atom. The van der Waals surface area contributed by atoms with Gasteiger partial charge in [0.05, 0.1) is 32.3 Å². The van der Waals surface area contributed by atoms with Crippen molar-refractivity contribution in [2.75, 3.05) is 39.5 Å². The molecule has 3 aliphatic heterocycles. The summed E-state index contributed by atoms with van der Waals surface area (Å²) in [5, 5.41) is 0. The summed E-state index contributed by atoms with van der Waals surface area (Å²) in [6, 6.07) is 0. The Bertz CT molecular complexity index is 308. The Morgan fingerprint density at radius 2 is 2.00 bits per heavy atom. The van der Waals surface area contributed by atoms with Crippen molar-refractivity contribution in [3.8, 4) is 0 Å². The van der Waals surface area contributed by atoms with E-state index in [1.807, 2.05) is 4.90 Å². The predicted octanol–water partition coefficient (Wildman–Crippen LogP) is 0.778. The van der Waals surface area contributed by atoms with Gasteiger partial charge in [-0.25, -0.2) is 0 Å². The first-order valence-electron chi connectivity index (χ1n) is 6.94. The van der Waals surface area contributed by atoms with Crippen molar-refractivity contribution in [3.63, 3.8) is 0 Å². The van der Waals surface area contributed by atoms with Crippen LogP contribution in [0, 0.1) is 5.92 Å². The summed E-state index contributed by atoms with van der Waals surface area (Å²) in [5.74, 6) is -0.258. The van der Waals surface area contributed by atoms with Crippen molar-refractivity contribution in [3.05, 3.63) is 0 Å². The van der Waals surface area contributed by atoms with Crippen LogP contribution >= 0.6 is 0 Å². The molecule has 5 heteroatoms. The minimum Gasteiger partial charge on any atom is -0.381 e. The molecule has 1 spiro atoms. The number of carbonyl (C=O) groups excluding carboxylic acids is 1. The molecular formula is C13H21NO4. The van der Waals surface area contributed by atoms with Crippen molar-refractivity contribution in [2.24, 2.45) is 5.92 Å². The van der Waals surface area contributed by atoms with E-state index in [1.54, 1.807) is 0 Å². The van der Waals surface area contributed by atoms with Gasteiger partial charge in [0.1, 0.15) is 0 Å². The number of hydrogen-bond donors (Lipinski definition) is 0. The minimum atomic E-state index is -0.510. The molecule has 0 radical (unpaired) electrons. The molecule has 0 N–H and O–H groups in total. The number of piperidine rings is 1. The van der Waals surface area contributed by atoms with Gasteiger partial charge >= 0.3 is 0 Å². The van der Waals surface area contributed by atoms with Crippen molar-refractivity contribution in [2.45, 2.75) is 31.5 Å². The van der Waals surface area contributed by atoms with Crippen LogP contribution in [0.3, 0.4) is 0 Å². The lowest BCUT2D eigenvalue weighted by atomic mass is 9.97. The van der Waals surface area contributed by atoms with Gasteiger partial charge < -0.3 is 19.1 Å². The lowest BCUT2D eigenvalue weighted by molar-refractivity contribution is -0.195. The van der Waals surface area contributed by atoms with Gasteiger partial charge in [-0.05, 0) is 19.3 Å². The maximum absolute atomic E-state index is 12.4. The summed E-state index contributed by atoms with van der Waals surface area (Å²) in [6.07, 6.45) is 3.80. The van der Waals surface area contributed by atoms with E-state index in [2.05, 4.69) is 0 Å². The molecule has 3 fully saturated rings. The fourth-order valence-electron chi connectivity index (χ4n) is 3.10. The zero-order chi connectivity index (χ0) is 12.4. The molecule has 0 aliphatic carbocycles. The van der Waals surface area contributed by atoms with E-state index in [1.165, 1.54) is 0 Å². The van der Waals surface area contributed by atoms with Crippen LogP contribution < -0.4 is 0 Å². The zero-order valence-corrected chi connectivity index (χ0v) is 10.7. The van der Waals surface area contributed by atoms with Crippen molar-refractivity contribution < 1.29 is 19.0 Å². The molecule has 18 heavy (non-hydrogen) atoms. The Balaban J connectivity index is 1.62. The number of hydrogen-bond acceptors (Lipinski definition) is 4. The molecule has 3 rings (SSSR count). The SMILES string of the molecule is O=C(C1CCCOC1)N1CCCC2(C1)OCCO2. The summed E-state index contributed by atoms with van der Waals surface area (Å²) in [5.41, 5.74) is 0. The highest BCUT2D eigenvalue weighted by molar-refractivity contribution is 5.79. The van der Waals surface area contributed by atoms with Crippen LogP contribution in [0.5, 0.6) is 0 Å². The predicted molar refractivity (Wildman–Crippen MR) is 64.0 cm³/mol. The molecule has 1 atom stereocenters. The van der Waals surface area contributed by atoms with Gasteiger partial charge in [0.2, 0.25) is 5.91 Å². The standard InChI is InChI=1S/C13H21NO4/c15-12(11-3-1-6-16-9-11)14-5-2-4-13(10-14)17-7-8-18-13/h11H,1-10H2. The van der Waals surface area contributed by atoms with Crippen LogP contribution in [-0.2, 0) is 19.0 Å². The normalized spacial score (nSPS) is 31.8. The molecule has 0 aromatic heterocycles. The number of ether oxygens (including phenoxy) is 3. The fourth-order valence-corrected chi connectivity index (χ4v) is 3.10. The summed E-state index contributed by atoms with van der Waals surface area (Å²) in [7, 11) is 0. The van der Waals surface area contributed by atoms with Crippen molar-refractivity contribution >= 4 is 5.91 Å². The molecule has 1 unspecified atom stereocenters. The molecule has 0 saturated carbocycles. The number of nitrogens with zero attached hydrogens (tertiary/aromatic N) is 1. The highest BCUT2D eigenvalue weighted by Gasteiger charge is 2.43. The van der Waals surface area contributed by atoms with Crippen LogP contribution in [0.1, 0.15) is 25.7 Å². The second-order valence-corrected chi connectivity index (χ2v) is 5.39. The molecule has 5 nitrogen and oxygen atoms in total. The monoisotopic (exact) mass is 255 g/mol. The first kappa shape index (κ1) is 12.4. The van der Waals surface area contributed by atoms with Crippen molar-refractivity contribution in [1.82, 2.24) is 4.90 Å². The number of carbonyl (C=O) groups is 1. The van der Waals surface area contributed by atoms with Gasteiger partial charge in [-0.15, -0.1) is 0 Å². The molecule has 3 heterocycles. The van der Waals surface area contributed by atoms with E-state index in [0.717, 1.165) is 38.8 Å². The van der Waals surface area contributed by atoms with Crippen LogP contribution in [0.15, 0.2) is 0 Å². The molecule has 3 aliphatic rings. The van der Waals surface area contributed by atoms with Gasteiger partial charge in [-0.1, -0.05) is 0 Å². The number of rotatable bonds is 1. The van der Waals surface area contributed by atoms with Gasteiger partial charge in [-0.2, -0.15) is 0 Å². The zero-order valence-electron chi connectivity index (χ0n) is 10.7. The summed E-state index contributed by atoms with van der Waals surface area (Å²) < 4.78 is 16.8. The smallest absolute Gasteiger partial charge is 0.228 e. The van der Waals surface area contributed by atoms with Crippen molar-refractivity contribution in [1.29, 1.82) is 0 Å². The summed E-state index contributed by atoms with van der Waals surface area (Å²) in [6.45, 7) is 4.07. The van der Waals surface area contributed by atoms with Crippen LogP contribution in [-0.4, -0.2) is 56.1 Å². The molecule has 102 valence electrons. The maximum atomic E-state index is 12.4. The second-order valence-electron chi connectivity index (χ2n) is 5.39. The van der Waals surface area contributed by atoms with Crippen LogP contribution in [0.2, 0.25) is 0 Å². The molecular weight excluding hydrogens is 234 g/mol. The Kier molecular flexibility index (Phi) is 3.54. The molecule has 3 saturated heterocycles. The van der Waals surface area contributed by atoms with Gasteiger partial charge in [0, 0.05) is 19.6 Å². The summed E-state index contributed by atoms with van der Waals surface area (Å²) in [4.78, 5) is 14.3. The second kappa shape index (κ2) is 5.15. The summed E-state index contributed by atoms with van der Waals surface area (Å²) >= 11 is 0. The molecule has 1 amide bonds. The highest BCUT2D eigenvalue weighted by atomic mass is 16.7. The largest absolute Gasteiger partial charge is 0.381 e. The van der Waals surface area contributed by atoms with E-state index in [-0.39, 0.29) is 11.8 Å². The average molecular weight is 255 g/mol. The Morgan fingerprint density at radius 1 is 1.17 bits per heavy atom. The van der Waals surface area contributed by atoms with Crippen LogP contribution in [0.4, 0.5) is 0 Å². The number of amides is 1. The van der Waals surface area contributed by atoms with E-state index in [9.17, 15) is 4.79 Å². The van der Waals surface area contributed by atoms with E-state index < -0.39 is 5.79 Å². The third-order valence-corrected chi connectivity index (χ3v) is 4.05. The van der Waals surface area contributed by atoms with Gasteiger partial charge in [-0.3, -0.25) is 4.79 Å². The molecule has 0 aromatic carbocycles. The quantitative estimate of drug-likeness (QED) is 0.694. The maximum Gasteiger partial charge on any atom is 0.228 e. The van der Waals surface area contributed by atoms with Gasteiger partial charge in [0.15, 0.2) is 5.79 Å². The van der Waals surface area contributed by atoms with E-state index in [4.69, 9.17) is 14.2 Å². The minimum absolute atomic E-state index is 0.0373. The lowest BCUT2D eigenvalue weighted by Crippen LogP contribution is -2.53. The molecule has 0 bridgehead atoms. The first-order valence-corrected chi connectivity index (χ1v) is 6.94. The highest BCUT2D eigenvalue weighted by Crippen LogP contribution is 2.31. The number of likely N-dealkylation sites (tertiary alicyclic amines) is 1. The van der Waals surface area contributed by atoms with E-state index >= 15 is 0 Å². The fraction of sp³-hybridized carbons (Fsp3) is 0.923.